The Labute approximate surface area is 146 Å². The van der Waals surface area contributed by atoms with Gasteiger partial charge in [-0.1, -0.05) is 18.2 Å². The van der Waals surface area contributed by atoms with Crippen molar-refractivity contribution in [2.45, 2.75) is 31.8 Å². The Bertz CT molecular complexity index is 1020. The number of aromatic amines is 1. The highest BCUT2D eigenvalue weighted by Gasteiger charge is 2.38. The van der Waals surface area contributed by atoms with Crippen LogP contribution in [0.2, 0.25) is 0 Å². The topological polar surface area (TPSA) is 52.1 Å². The molecule has 2 aliphatic rings. The van der Waals surface area contributed by atoms with E-state index in [0.717, 1.165) is 18.5 Å². The molecule has 3 heterocycles. The van der Waals surface area contributed by atoms with E-state index in [4.69, 9.17) is 0 Å². The molecular formula is C21H19N3O. The van der Waals surface area contributed by atoms with E-state index in [9.17, 15) is 5.11 Å². The highest BCUT2D eigenvalue weighted by atomic mass is 16.3. The first-order valence-electron chi connectivity index (χ1n) is 8.69. The van der Waals surface area contributed by atoms with Gasteiger partial charge in [0.2, 0.25) is 0 Å². The molecule has 2 atom stereocenters. The number of nitrogens with zero attached hydrogens (tertiary/aromatic N) is 2. The number of fused-ring (bicyclic) bond motifs is 3. The maximum absolute atomic E-state index is 9.64. The van der Waals surface area contributed by atoms with E-state index in [-0.39, 0.29) is 11.8 Å². The van der Waals surface area contributed by atoms with Gasteiger partial charge in [0.15, 0.2) is 0 Å². The minimum Gasteiger partial charge on any atom is -0.506 e. The molecule has 0 radical (unpaired) electrons. The molecule has 1 aromatic carbocycles. The molecule has 1 aliphatic heterocycles. The predicted octanol–water partition coefficient (Wildman–Crippen LogP) is 4.05. The number of aromatic nitrogens is 2. The van der Waals surface area contributed by atoms with Crippen molar-refractivity contribution in [3.8, 4) is 5.75 Å². The van der Waals surface area contributed by atoms with Crippen molar-refractivity contribution in [2.24, 2.45) is 0 Å². The van der Waals surface area contributed by atoms with Gasteiger partial charge in [0.05, 0.1) is 17.6 Å². The first-order valence-corrected chi connectivity index (χ1v) is 8.69. The third-order valence-corrected chi connectivity index (χ3v) is 5.30. The Balaban J connectivity index is 1.75. The molecule has 0 saturated carbocycles. The molecule has 124 valence electrons. The van der Waals surface area contributed by atoms with Gasteiger partial charge in [-0.2, -0.15) is 0 Å². The standard InChI is InChI=1S/C21H19N3O/c1-13-11-17-16-7-2-3-8-18(16)23-20(17)21(24(13)14-5-4-6-14)19-10-9-15(25)12-22-19/h2-4,7-10,12-13,21,23,25H,5,11H2,1H3/t13-,21-/m1/s1. The van der Waals surface area contributed by atoms with Crippen molar-refractivity contribution in [1.29, 1.82) is 0 Å². The largest absolute Gasteiger partial charge is 0.506 e. The zero-order valence-electron chi connectivity index (χ0n) is 14.0. The van der Waals surface area contributed by atoms with Gasteiger partial charge < -0.3 is 15.0 Å². The normalized spacial score (nSPS) is 21.8. The Hall–Kier alpha value is -2.97. The number of rotatable bonds is 2. The van der Waals surface area contributed by atoms with Crippen molar-refractivity contribution >= 4 is 10.9 Å². The van der Waals surface area contributed by atoms with Crippen LogP contribution in [0, 0.1) is 0 Å². The number of pyridine rings is 1. The minimum absolute atomic E-state index is 0.0166. The van der Waals surface area contributed by atoms with Crippen molar-refractivity contribution < 1.29 is 5.11 Å². The Morgan fingerprint density at radius 2 is 2.08 bits per heavy atom. The van der Waals surface area contributed by atoms with Crippen molar-refractivity contribution in [3.05, 3.63) is 77.1 Å². The minimum atomic E-state index is 0.0166. The second-order valence-corrected chi connectivity index (χ2v) is 6.87. The molecule has 2 aromatic heterocycles. The summed E-state index contributed by atoms with van der Waals surface area (Å²) in [7, 11) is 0. The van der Waals surface area contributed by atoms with Crippen molar-refractivity contribution in [3.63, 3.8) is 0 Å². The Morgan fingerprint density at radius 3 is 2.80 bits per heavy atom. The number of benzene rings is 1. The molecule has 2 N–H and O–H groups in total. The molecule has 0 spiro atoms. The van der Waals surface area contributed by atoms with Crippen LogP contribution in [0.5, 0.6) is 5.75 Å². The van der Waals surface area contributed by atoms with E-state index in [0.29, 0.717) is 6.04 Å². The Kier molecular flexibility index (Phi) is 3.03. The highest BCUT2D eigenvalue weighted by molar-refractivity contribution is 5.85. The lowest BCUT2D eigenvalue weighted by Gasteiger charge is -2.43. The molecule has 0 saturated heterocycles. The molecule has 5 rings (SSSR count). The molecule has 4 heteroatoms. The molecular weight excluding hydrogens is 310 g/mol. The summed E-state index contributed by atoms with van der Waals surface area (Å²) in [5.41, 5.74) is 9.28. The van der Waals surface area contributed by atoms with Crippen LogP contribution < -0.4 is 0 Å². The monoisotopic (exact) mass is 329 g/mol. The fourth-order valence-electron chi connectivity index (χ4n) is 4.11. The molecule has 25 heavy (non-hydrogen) atoms. The van der Waals surface area contributed by atoms with Crippen LogP contribution in [0.25, 0.3) is 10.9 Å². The van der Waals surface area contributed by atoms with Crippen LogP contribution in [-0.2, 0) is 6.42 Å². The average molecular weight is 329 g/mol. The van der Waals surface area contributed by atoms with E-state index in [1.165, 1.54) is 34.1 Å². The summed E-state index contributed by atoms with van der Waals surface area (Å²) in [6.07, 6.45) is 5.55. The van der Waals surface area contributed by atoms with Gasteiger partial charge >= 0.3 is 0 Å². The maximum Gasteiger partial charge on any atom is 0.133 e. The lowest BCUT2D eigenvalue weighted by molar-refractivity contribution is 0.191. The number of aromatic hydroxyl groups is 1. The van der Waals surface area contributed by atoms with Gasteiger partial charge in [0.1, 0.15) is 11.8 Å². The maximum atomic E-state index is 9.64. The lowest BCUT2D eigenvalue weighted by atomic mass is 9.89. The van der Waals surface area contributed by atoms with Gasteiger partial charge in [-0.3, -0.25) is 4.98 Å². The molecule has 0 bridgehead atoms. The highest BCUT2D eigenvalue weighted by Crippen LogP contribution is 2.43. The second-order valence-electron chi connectivity index (χ2n) is 6.87. The number of para-hydroxylation sites is 1. The zero-order chi connectivity index (χ0) is 17.0. The van der Waals surface area contributed by atoms with Crippen LogP contribution in [0.3, 0.4) is 0 Å². The van der Waals surface area contributed by atoms with Crippen LogP contribution >= 0.6 is 0 Å². The second kappa shape index (κ2) is 5.27. The molecule has 3 aromatic rings. The smallest absolute Gasteiger partial charge is 0.133 e. The summed E-state index contributed by atoms with van der Waals surface area (Å²) < 4.78 is 0. The SMILES string of the molecule is C[C@@H]1Cc2c([nH]c3ccccc23)[C@@H](c2ccc(O)cn2)N1C1=C=CC1. The predicted molar refractivity (Wildman–Crippen MR) is 97.3 cm³/mol. The van der Waals surface area contributed by atoms with Gasteiger partial charge in [-0.25, -0.2) is 0 Å². The van der Waals surface area contributed by atoms with Gasteiger partial charge in [0.25, 0.3) is 0 Å². The summed E-state index contributed by atoms with van der Waals surface area (Å²) in [5.74, 6) is 0.193. The summed E-state index contributed by atoms with van der Waals surface area (Å²) in [5, 5.41) is 10.9. The van der Waals surface area contributed by atoms with E-state index in [1.54, 1.807) is 6.07 Å². The quantitative estimate of drug-likeness (QED) is 0.698. The number of hydrogen-bond donors (Lipinski definition) is 2. The summed E-state index contributed by atoms with van der Waals surface area (Å²) in [4.78, 5) is 10.6. The van der Waals surface area contributed by atoms with Crippen molar-refractivity contribution in [2.75, 3.05) is 0 Å². The average Bonchev–Trinajstić information content (AvgIpc) is 2.93. The first-order chi connectivity index (χ1) is 12.2. The molecule has 0 amide bonds. The van der Waals surface area contributed by atoms with Crippen molar-refractivity contribution in [1.82, 2.24) is 14.9 Å². The Morgan fingerprint density at radius 1 is 1.24 bits per heavy atom. The van der Waals surface area contributed by atoms with E-state index in [2.05, 4.69) is 57.9 Å². The molecule has 4 nitrogen and oxygen atoms in total. The van der Waals surface area contributed by atoms with Crippen LogP contribution in [0.4, 0.5) is 0 Å². The first kappa shape index (κ1) is 14.4. The lowest BCUT2D eigenvalue weighted by Crippen LogP contribution is -2.42. The molecule has 0 fully saturated rings. The third kappa shape index (κ3) is 2.11. The van der Waals surface area contributed by atoms with E-state index >= 15 is 0 Å². The summed E-state index contributed by atoms with van der Waals surface area (Å²) >= 11 is 0. The van der Waals surface area contributed by atoms with Gasteiger partial charge in [-0.05, 0) is 43.2 Å². The van der Waals surface area contributed by atoms with Crippen LogP contribution in [0.15, 0.2) is 60.1 Å². The summed E-state index contributed by atoms with van der Waals surface area (Å²) in [6.45, 7) is 2.27. The molecule has 1 aliphatic carbocycles. The van der Waals surface area contributed by atoms with Gasteiger partial charge in [0, 0.05) is 29.1 Å². The third-order valence-electron chi connectivity index (χ3n) is 5.30. The number of nitrogens with one attached hydrogen (secondary N) is 1. The number of hydrogen-bond acceptors (Lipinski definition) is 3. The van der Waals surface area contributed by atoms with Crippen LogP contribution in [0.1, 0.15) is 36.3 Å². The fourth-order valence-corrected chi connectivity index (χ4v) is 4.11. The fraction of sp³-hybridized carbons (Fsp3) is 0.238. The zero-order valence-corrected chi connectivity index (χ0v) is 14.0. The number of H-pyrrole nitrogens is 1. The van der Waals surface area contributed by atoms with E-state index in [1.807, 2.05) is 6.07 Å². The van der Waals surface area contributed by atoms with E-state index < -0.39 is 0 Å². The van der Waals surface area contributed by atoms with Gasteiger partial charge in [-0.15, -0.1) is 5.73 Å². The summed E-state index contributed by atoms with van der Waals surface area (Å²) in [6, 6.07) is 12.5. The molecule has 0 unspecified atom stereocenters. The van der Waals surface area contributed by atoms with Crippen LogP contribution in [-0.4, -0.2) is 26.0 Å².